The van der Waals surface area contributed by atoms with E-state index in [0.717, 1.165) is 5.56 Å². The van der Waals surface area contributed by atoms with Crippen molar-refractivity contribution in [1.82, 2.24) is 9.97 Å². The number of ether oxygens (including phenoxy) is 2. The van der Waals surface area contributed by atoms with Crippen LogP contribution in [0.3, 0.4) is 0 Å². The molecule has 5 rings (SSSR count). The van der Waals surface area contributed by atoms with Crippen LogP contribution in [-0.2, 0) is 0 Å². The van der Waals surface area contributed by atoms with Crippen molar-refractivity contribution in [2.45, 2.75) is 0 Å². The van der Waals surface area contributed by atoms with Gasteiger partial charge in [0.05, 0.1) is 41.6 Å². The van der Waals surface area contributed by atoms with Crippen molar-refractivity contribution in [3.8, 4) is 34.0 Å². The Bertz CT molecular complexity index is 1630. The van der Waals surface area contributed by atoms with E-state index in [9.17, 15) is 14.9 Å². The molecular formula is C27H20N4O5S. The van der Waals surface area contributed by atoms with Crippen LogP contribution in [0.5, 0.6) is 11.5 Å². The SMILES string of the molecule is COc1ccc(-c2cc(C(=O)Nc3nc(-c4ccc([N+](=O)[O-])cc4)cs3)c3ccccc3n2)cc1OC. The Morgan fingerprint density at radius 2 is 1.62 bits per heavy atom. The number of benzene rings is 3. The smallest absolute Gasteiger partial charge is 0.269 e. The number of nitrogens with one attached hydrogen (secondary N) is 1. The predicted molar refractivity (Wildman–Crippen MR) is 142 cm³/mol. The number of nitro benzene ring substituents is 1. The summed E-state index contributed by atoms with van der Waals surface area (Å²) in [5.74, 6) is 0.824. The highest BCUT2D eigenvalue weighted by molar-refractivity contribution is 7.14. The van der Waals surface area contributed by atoms with Crippen LogP contribution in [0, 0.1) is 10.1 Å². The molecule has 0 bridgehead atoms. The largest absolute Gasteiger partial charge is 0.493 e. The third kappa shape index (κ3) is 4.82. The number of para-hydroxylation sites is 1. The molecule has 0 atom stereocenters. The standard InChI is InChI=1S/C27H20N4O5S/c1-35-24-12-9-17(13-25(24)36-2)22-14-20(19-5-3-4-6-21(19)28-22)26(32)30-27-29-23(15-37-27)16-7-10-18(11-8-16)31(33)34/h3-15H,1-2H3,(H,29,30,32). The number of aromatic nitrogens is 2. The third-order valence-electron chi connectivity index (χ3n) is 5.74. The van der Waals surface area contributed by atoms with Crippen molar-refractivity contribution in [3.63, 3.8) is 0 Å². The van der Waals surface area contributed by atoms with Gasteiger partial charge in [0.25, 0.3) is 11.6 Å². The van der Waals surface area contributed by atoms with Gasteiger partial charge in [-0.3, -0.25) is 20.2 Å². The van der Waals surface area contributed by atoms with Crippen LogP contribution < -0.4 is 14.8 Å². The van der Waals surface area contributed by atoms with E-state index in [-0.39, 0.29) is 11.6 Å². The van der Waals surface area contributed by atoms with Gasteiger partial charge >= 0.3 is 0 Å². The van der Waals surface area contributed by atoms with E-state index in [1.54, 1.807) is 43.9 Å². The highest BCUT2D eigenvalue weighted by Gasteiger charge is 2.17. The van der Waals surface area contributed by atoms with E-state index in [1.807, 2.05) is 36.4 Å². The number of hydrogen-bond acceptors (Lipinski definition) is 8. The molecule has 184 valence electrons. The highest BCUT2D eigenvalue weighted by atomic mass is 32.1. The summed E-state index contributed by atoms with van der Waals surface area (Å²) >= 11 is 1.27. The van der Waals surface area contributed by atoms with E-state index in [4.69, 9.17) is 14.5 Å². The molecule has 0 fully saturated rings. The van der Waals surface area contributed by atoms with Gasteiger partial charge in [-0.25, -0.2) is 9.97 Å². The van der Waals surface area contributed by atoms with Crippen LogP contribution in [0.1, 0.15) is 10.4 Å². The average Bonchev–Trinajstić information content (AvgIpc) is 3.40. The summed E-state index contributed by atoms with van der Waals surface area (Å²) in [5, 5.41) is 16.7. The van der Waals surface area contributed by atoms with Crippen molar-refractivity contribution in [1.29, 1.82) is 0 Å². The van der Waals surface area contributed by atoms with Gasteiger partial charge in [-0.2, -0.15) is 0 Å². The highest BCUT2D eigenvalue weighted by Crippen LogP contribution is 2.33. The molecule has 0 radical (unpaired) electrons. The summed E-state index contributed by atoms with van der Waals surface area (Å²) in [6, 6.07) is 20.7. The summed E-state index contributed by atoms with van der Waals surface area (Å²) < 4.78 is 10.8. The number of rotatable bonds is 7. The topological polar surface area (TPSA) is 116 Å². The minimum Gasteiger partial charge on any atom is -0.493 e. The van der Waals surface area contributed by atoms with Crippen molar-refractivity contribution in [3.05, 3.63) is 93.9 Å². The number of nitro groups is 1. The van der Waals surface area contributed by atoms with E-state index in [0.29, 0.717) is 50.0 Å². The van der Waals surface area contributed by atoms with E-state index < -0.39 is 4.92 Å². The maximum Gasteiger partial charge on any atom is 0.269 e. The number of amides is 1. The molecule has 0 aliphatic heterocycles. The van der Waals surface area contributed by atoms with E-state index in [1.165, 1.54) is 23.5 Å². The number of carbonyl (C=O) groups excluding carboxylic acids is 1. The number of thiazole rings is 1. The first kappa shape index (κ1) is 23.9. The quantitative estimate of drug-likeness (QED) is 0.204. The van der Waals surface area contributed by atoms with Gasteiger partial charge in [0.15, 0.2) is 16.6 Å². The van der Waals surface area contributed by atoms with Crippen molar-refractivity contribution in [2.75, 3.05) is 19.5 Å². The average molecular weight is 513 g/mol. The molecule has 0 saturated heterocycles. The monoisotopic (exact) mass is 512 g/mol. The second-order valence-corrected chi connectivity index (χ2v) is 8.80. The molecule has 37 heavy (non-hydrogen) atoms. The van der Waals surface area contributed by atoms with Gasteiger partial charge in [-0.05, 0) is 42.5 Å². The van der Waals surface area contributed by atoms with Gasteiger partial charge in [0.1, 0.15) is 0 Å². The molecule has 0 spiro atoms. The number of nitrogens with zero attached hydrogens (tertiary/aromatic N) is 3. The van der Waals surface area contributed by atoms with Gasteiger partial charge in [0.2, 0.25) is 0 Å². The summed E-state index contributed by atoms with van der Waals surface area (Å²) in [6.45, 7) is 0. The number of fused-ring (bicyclic) bond motifs is 1. The fourth-order valence-electron chi connectivity index (χ4n) is 3.89. The number of pyridine rings is 1. The van der Waals surface area contributed by atoms with Crippen molar-refractivity contribution < 1.29 is 19.2 Å². The molecule has 9 nitrogen and oxygen atoms in total. The lowest BCUT2D eigenvalue weighted by atomic mass is 10.0. The molecule has 1 amide bonds. The Hall–Kier alpha value is -4.83. The van der Waals surface area contributed by atoms with E-state index >= 15 is 0 Å². The Balaban J connectivity index is 1.47. The normalized spacial score (nSPS) is 10.8. The molecular weight excluding hydrogens is 492 g/mol. The molecule has 1 N–H and O–H groups in total. The van der Waals surface area contributed by atoms with Crippen molar-refractivity contribution in [2.24, 2.45) is 0 Å². The molecule has 0 aliphatic carbocycles. The molecule has 10 heteroatoms. The zero-order chi connectivity index (χ0) is 25.9. The molecule has 0 saturated carbocycles. The summed E-state index contributed by atoms with van der Waals surface area (Å²) in [5.41, 5.74) is 3.83. The zero-order valence-electron chi connectivity index (χ0n) is 19.8. The van der Waals surface area contributed by atoms with Gasteiger partial charge in [-0.15, -0.1) is 11.3 Å². The molecule has 0 unspecified atom stereocenters. The Labute approximate surface area is 215 Å². The Morgan fingerprint density at radius 3 is 2.35 bits per heavy atom. The first-order chi connectivity index (χ1) is 18.0. The number of non-ortho nitro benzene ring substituents is 1. The van der Waals surface area contributed by atoms with Gasteiger partial charge in [-0.1, -0.05) is 18.2 Å². The van der Waals surface area contributed by atoms with Crippen LogP contribution in [0.4, 0.5) is 10.8 Å². The van der Waals surface area contributed by atoms with Crippen molar-refractivity contribution >= 4 is 39.0 Å². The van der Waals surface area contributed by atoms with Crippen LogP contribution in [0.2, 0.25) is 0 Å². The Kier molecular flexibility index (Phi) is 6.48. The fraction of sp³-hybridized carbons (Fsp3) is 0.0741. The number of anilines is 1. The number of carbonyl (C=O) groups is 1. The number of hydrogen-bond donors (Lipinski definition) is 1. The number of methoxy groups -OCH3 is 2. The van der Waals surface area contributed by atoms with Gasteiger partial charge < -0.3 is 9.47 Å². The first-order valence-electron chi connectivity index (χ1n) is 11.1. The predicted octanol–water partition coefficient (Wildman–Crippen LogP) is 6.20. The van der Waals surface area contributed by atoms with Crippen LogP contribution >= 0.6 is 11.3 Å². The summed E-state index contributed by atoms with van der Waals surface area (Å²) in [6.07, 6.45) is 0. The minimum absolute atomic E-state index is 0.00218. The third-order valence-corrected chi connectivity index (χ3v) is 6.50. The first-order valence-corrected chi connectivity index (χ1v) is 12.0. The maximum absolute atomic E-state index is 13.4. The Morgan fingerprint density at radius 1 is 0.892 bits per heavy atom. The summed E-state index contributed by atoms with van der Waals surface area (Å²) in [7, 11) is 3.13. The van der Waals surface area contributed by atoms with Crippen LogP contribution in [0.25, 0.3) is 33.4 Å². The lowest BCUT2D eigenvalue weighted by molar-refractivity contribution is -0.384. The molecule has 5 aromatic rings. The van der Waals surface area contributed by atoms with Gasteiger partial charge in [0, 0.05) is 34.0 Å². The van der Waals surface area contributed by atoms with Crippen LogP contribution in [0.15, 0.2) is 78.2 Å². The maximum atomic E-state index is 13.4. The second kappa shape index (κ2) is 10.0. The molecule has 0 aliphatic rings. The fourth-order valence-corrected chi connectivity index (χ4v) is 4.60. The van der Waals surface area contributed by atoms with E-state index in [2.05, 4.69) is 10.3 Å². The molecule has 2 aromatic heterocycles. The second-order valence-electron chi connectivity index (χ2n) is 7.94. The van der Waals surface area contributed by atoms with Crippen LogP contribution in [-0.4, -0.2) is 35.0 Å². The molecule has 3 aromatic carbocycles. The lowest BCUT2D eigenvalue weighted by Gasteiger charge is -2.12. The summed E-state index contributed by atoms with van der Waals surface area (Å²) in [4.78, 5) is 33.1. The lowest BCUT2D eigenvalue weighted by Crippen LogP contribution is -2.13. The minimum atomic E-state index is -0.453. The zero-order valence-corrected chi connectivity index (χ0v) is 20.6. The molecule has 2 heterocycles.